The van der Waals surface area contributed by atoms with Gasteiger partial charge in [-0.3, -0.25) is 43.3 Å². The van der Waals surface area contributed by atoms with Gasteiger partial charge in [-0.15, -0.1) is 0 Å². The number of nitrogens with two attached hydrogens (primary N) is 1. The van der Waals surface area contributed by atoms with Gasteiger partial charge in [0, 0.05) is 62.3 Å². The first-order chi connectivity index (χ1) is 38.5. The van der Waals surface area contributed by atoms with Crippen molar-refractivity contribution in [2.45, 2.75) is 134 Å². The first-order valence-electron chi connectivity index (χ1n) is 27.7. The summed E-state index contributed by atoms with van der Waals surface area (Å²) in [5.74, 6) is -3.92. The Hall–Kier alpha value is -5.66. The van der Waals surface area contributed by atoms with Crippen molar-refractivity contribution in [3.63, 3.8) is 0 Å². The number of aromatic nitrogens is 2. The lowest BCUT2D eigenvalue weighted by atomic mass is 9.90. The van der Waals surface area contributed by atoms with Crippen LogP contribution in [0.4, 0.5) is 5.69 Å². The van der Waals surface area contributed by atoms with Crippen molar-refractivity contribution in [2.24, 2.45) is 23.5 Å². The minimum atomic E-state index is -0.670. The fourth-order valence-electron chi connectivity index (χ4n) is 9.82. The molecule has 8 atom stereocenters. The van der Waals surface area contributed by atoms with Crippen LogP contribution in [0.5, 0.6) is 0 Å². The number of nitrogens with zero attached hydrogens (tertiary/aromatic N) is 5. The molecule has 3 aromatic rings. The summed E-state index contributed by atoms with van der Waals surface area (Å²) < 4.78 is 11.9. The molecule has 450 valence electrons. The molecule has 0 spiro atoms. The van der Waals surface area contributed by atoms with Crippen molar-refractivity contribution in [1.29, 1.82) is 0 Å². The molecule has 2 aromatic carbocycles. The van der Waals surface area contributed by atoms with E-state index in [0.717, 1.165) is 17.0 Å². The monoisotopic (exact) mass is 1260 g/mol. The third-order valence-corrected chi connectivity index (χ3v) is 15.2. The summed E-state index contributed by atoms with van der Waals surface area (Å²) in [6, 6.07) is 10.1. The molecule has 4 rings (SSSR count). The van der Waals surface area contributed by atoms with Gasteiger partial charge >= 0.3 is 0 Å². The van der Waals surface area contributed by atoms with Crippen molar-refractivity contribution < 1.29 is 47.8 Å². The van der Waals surface area contributed by atoms with Crippen LogP contribution >= 0.6 is 31.9 Å². The third kappa shape index (κ3) is 21.2. The summed E-state index contributed by atoms with van der Waals surface area (Å²) in [4.78, 5) is 119. The number of rotatable bonds is 30. The van der Waals surface area contributed by atoms with Crippen LogP contribution < -0.4 is 37.6 Å². The Bertz CT molecular complexity index is 2550. The highest BCUT2D eigenvalue weighted by atomic mass is 79.9. The number of likely N-dealkylation sites (tertiary alicyclic amines) is 1. The molecule has 1 aliphatic rings. The van der Waals surface area contributed by atoms with Crippen LogP contribution in [0.25, 0.3) is 11.0 Å². The van der Waals surface area contributed by atoms with Crippen LogP contribution in [-0.2, 0) is 60.1 Å². The second-order valence-corrected chi connectivity index (χ2v) is 22.1. The number of fused-ring (bicyclic) bond motifs is 1. The summed E-state index contributed by atoms with van der Waals surface area (Å²) in [6.45, 7) is 13.2. The van der Waals surface area contributed by atoms with Crippen LogP contribution in [0.2, 0.25) is 0 Å². The van der Waals surface area contributed by atoms with E-state index in [0.29, 0.717) is 59.6 Å². The summed E-state index contributed by atoms with van der Waals surface area (Å²) >= 11 is 6.81. The maximum Gasteiger partial charge on any atom is 0.251 e. The predicted octanol–water partition coefficient (Wildman–Crippen LogP) is 4.05. The Morgan fingerprint density at radius 3 is 1.90 bits per heavy atom. The molecule has 8 amide bonds. The fourth-order valence-corrected chi connectivity index (χ4v) is 10.7. The molecule has 0 bridgehead atoms. The lowest BCUT2D eigenvalue weighted by molar-refractivity contribution is -0.146. The van der Waals surface area contributed by atoms with Gasteiger partial charge < -0.3 is 56.9 Å². The molecule has 1 aliphatic heterocycles. The van der Waals surface area contributed by atoms with Crippen LogP contribution in [-0.4, -0.2) is 183 Å². The van der Waals surface area contributed by atoms with E-state index < -0.39 is 72.5 Å². The molecule has 0 aliphatic carbocycles. The average molecular weight is 1260 g/mol. The molecular weight excluding hydrogens is 1170 g/mol. The minimum Gasteiger partial charge on any atom is -0.379 e. The molecule has 81 heavy (non-hydrogen) atoms. The van der Waals surface area contributed by atoms with Crippen molar-refractivity contribution in [3.8, 4) is 0 Å². The molecular formula is C57H88Br2N12O10. The van der Waals surface area contributed by atoms with Crippen LogP contribution in [0.1, 0.15) is 108 Å². The molecule has 22 nitrogen and oxygen atoms in total. The van der Waals surface area contributed by atoms with E-state index in [-0.39, 0.29) is 73.6 Å². The van der Waals surface area contributed by atoms with Crippen LogP contribution in [0, 0.1) is 17.8 Å². The zero-order chi connectivity index (χ0) is 60.5. The zero-order valence-corrected chi connectivity index (χ0v) is 52.5. The summed E-state index contributed by atoms with van der Waals surface area (Å²) in [6.07, 6.45) is 2.37. The molecule has 0 saturated carbocycles. The number of carbonyl (C=O) groups excluding carboxylic acids is 8. The van der Waals surface area contributed by atoms with E-state index in [2.05, 4.69) is 87.6 Å². The maximum atomic E-state index is 14.2. The van der Waals surface area contributed by atoms with Crippen molar-refractivity contribution in [3.05, 3.63) is 65.0 Å². The number of hydrogen-bond acceptors (Lipinski definition) is 14. The SMILES string of the molecule is CCC.CCC(C)C(C(CC(=O)N1CCCC1C(OC)C(C)C(=O)NC(CN)Cc1ccc(NC(=O)CNC(=O)CNC(=O)CNC(=O)c2ccc3nc(CBr)c(CBr)nc3c2)cc1)OC)N(C)C(=O)CNC(=O)C(C(C)C)N(C)C. The van der Waals surface area contributed by atoms with Crippen molar-refractivity contribution >= 4 is 95.8 Å². The highest BCUT2D eigenvalue weighted by Gasteiger charge is 2.42. The second kappa shape index (κ2) is 35.4. The van der Waals surface area contributed by atoms with E-state index in [9.17, 15) is 38.4 Å². The standard InChI is InChI=1S/C54H80Br2N12O10.C3H8/c1-11-32(4)50(67(8)48(73)30-61-54(76)49(31(2)3)66(6)7)43(77-9)23-47(72)68-20-12-13-42(68)51(78-10)33(5)52(74)63-37(26-57)21-34-14-17-36(18-15-34)62-46(71)29-59-44(69)27-58-45(70)28-60-53(75)35-16-19-38-39(22-35)65-41(25-56)40(24-55)64-38;1-3-2/h14-19,22,31-33,37,42-43,49-51H,11-13,20-21,23-30,57H2,1-10H3,(H,58,70)(H,59,69)(H,60,75)(H,61,76)(H,62,71)(H,63,74);3H2,1-2H3. The summed E-state index contributed by atoms with van der Waals surface area (Å²) in [5.41, 5.74) is 10.4. The van der Waals surface area contributed by atoms with E-state index in [4.69, 9.17) is 15.2 Å². The molecule has 1 saturated heterocycles. The van der Waals surface area contributed by atoms with Gasteiger partial charge in [0.1, 0.15) is 0 Å². The van der Waals surface area contributed by atoms with E-state index in [1.165, 1.54) is 20.6 Å². The van der Waals surface area contributed by atoms with Gasteiger partial charge in [-0.2, -0.15) is 0 Å². The van der Waals surface area contributed by atoms with E-state index >= 15 is 0 Å². The van der Waals surface area contributed by atoms with E-state index in [1.54, 1.807) is 66.2 Å². The zero-order valence-electron chi connectivity index (χ0n) is 49.3. The first-order valence-corrected chi connectivity index (χ1v) is 29.9. The molecule has 8 unspecified atom stereocenters. The largest absolute Gasteiger partial charge is 0.379 e. The average Bonchev–Trinajstić information content (AvgIpc) is 3.97. The molecule has 8 N–H and O–H groups in total. The van der Waals surface area contributed by atoms with Crippen molar-refractivity contribution in [1.82, 2.24) is 51.3 Å². The van der Waals surface area contributed by atoms with E-state index in [1.807, 2.05) is 46.7 Å². The lowest BCUT2D eigenvalue weighted by Gasteiger charge is -2.39. The number of halogens is 2. The van der Waals surface area contributed by atoms with Crippen LogP contribution in [0.15, 0.2) is 42.5 Å². The normalized spacial score (nSPS) is 15.7. The predicted molar refractivity (Wildman–Crippen MR) is 320 cm³/mol. The number of nitrogens with one attached hydrogen (secondary N) is 6. The number of anilines is 1. The Labute approximate surface area is 494 Å². The van der Waals surface area contributed by atoms with Crippen LogP contribution in [0.3, 0.4) is 0 Å². The van der Waals surface area contributed by atoms with Gasteiger partial charge in [-0.1, -0.05) is 105 Å². The number of likely N-dealkylation sites (N-methyl/N-ethyl adjacent to an activating group) is 2. The number of alkyl halides is 2. The number of ether oxygens (including phenoxy) is 2. The summed E-state index contributed by atoms with van der Waals surface area (Å²) in [7, 11) is 8.38. The Morgan fingerprint density at radius 1 is 0.765 bits per heavy atom. The molecule has 0 radical (unpaired) electrons. The maximum absolute atomic E-state index is 14.2. The van der Waals surface area contributed by atoms with Crippen molar-refractivity contribution in [2.75, 3.05) is 79.9 Å². The third-order valence-electron chi connectivity index (χ3n) is 14.2. The molecule has 1 fully saturated rings. The van der Waals surface area contributed by atoms with Gasteiger partial charge in [0.2, 0.25) is 41.4 Å². The number of carbonyl (C=O) groups is 8. The van der Waals surface area contributed by atoms with Gasteiger partial charge in [0.15, 0.2) is 0 Å². The number of methoxy groups -OCH3 is 2. The quantitative estimate of drug-likeness (QED) is 0.0464. The summed E-state index contributed by atoms with van der Waals surface area (Å²) in [5, 5.41) is 17.0. The number of benzene rings is 2. The van der Waals surface area contributed by atoms with Gasteiger partial charge in [-0.25, -0.2) is 9.97 Å². The number of hydrogen-bond donors (Lipinski definition) is 7. The Kier molecular flexibility index (Phi) is 30.4. The highest BCUT2D eigenvalue weighted by Crippen LogP contribution is 2.30. The lowest BCUT2D eigenvalue weighted by Crippen LogP contribution is -2.55. The second-order valence-electron chi connectivity index (χ2n) is 20.9. The van der Waals surface area contributed by atoms with Gasteiger partial charge in [0.25, 0.3) is 5.91 Å². The van der Waals surface area contributed by atoms with Gasteiger partial charge in [-0.05, 0) is 81.1 Å². The fraction of sp³-hybridized carbons (Fsp3) is 0.614. The smallest absolute Gasteiger partial charge is 0.251 e. The minimum absolute atomic E-state index is 0.0108. The number of amides is 8. The Balaban J connectivity index is 0.00000561. The molecule has 1 aromatic heterocycles. The Morgan fingerprint density at radius 2 is 1.36 bits per heavy atom. The highest BCUT2D eigenvalue weighted by molar-refractivity contribution is 9.09. The topological polar surface area (TPSA) is 289 Å². The molecule has 24 heteroatoms. The molecule has 2 heterocycles. The first kappa shape index (κ1) is 69.6. The van der Waals surface area contributed by atoms with Gasteiger partial charge in [0.05, 0.1) is 91.3 Å².